The Hall–Kier alpha value is -2.67. The number of nitrogens with two attached hydrogens (primary N) is 1. The minimum atomic E-state index is 0.187. The molecule has 0 saturated carbocycles. The SMILES string of the molecule is COCCc1ccccc1Nc1nc(N)nc2nc[nH]c12. The van der Waals surface area contributed by atoms with Crippen LogP contribution in [-0.4, -0.2) is 33.7 Å². The molecule has 0 spiro atoms. The van der Waals surface area contributed by atoms with Gasteiger partial charge in [-0.3, -0.25) is 0 Å². The molecular formula is C14H16N6O. The van der Waals surface area contributed by atoms with E-state index in [1.807, 2.05) is 18.2 Å². The van der Waals surface area contributed by atoms with Crippen LogP contribution in [0.4, 0.5) is 17.5 Å². The number of H-pyrrole nitrogens is 1. The van der Waals surface area contributed by atoms with Crippen molar-refractivity contribution in [2.75, 3.05) is 24.8 Å². The van der Waals surface area contributed by atoms with Crippen molar-refractivity contribution in [1.82, 2.24) is 19.9 Å². The molecule has 0 radical (unpaired) electrons. The molecule has 3 rings (SSSR count). The van der Waals surface area contributed by atoms with Gasteiger partial charge in [-0.2, -0.15) is 9.97 Å². The van der Waals surface area contributed by atoms with Crippen molar-refractivity contribution in [3.8, 4) is 0 Å². The highest BCUT2D eigenvalue weighted by atomic mass is 16.5. The summed E-state index contributed by atoms with van der Waals surface area (Å²) >= 11 is 0. The number of nitrogens with zero attached hydrogens (tertiary/aromatic N) is 3. The van der Waals surface area contributed by atoms with Crippen molar-refractivity contribution >= 4 is 28.6 Å². The van der Waals surface area contributed by atoms with Gasteiger partial charge in [0.2, 0.25) is 5.95 Å². The number of imidazole rings is 1. The van der Waals surface area contributed by atoms with E-state index in [0.717, 1.165) is 23.2 Å². The molecule has 2 heterocycles. The summed E-state index contributed by atoms with van der Waals surface area (Å²) in [5.41, 5.74) is 9.09. The van der Waals surface area contributed by atoms with Gasteiger partial charge < -0.3 is 20.8 Å². The number of nitrogens with one attached hydrogen (secondary N) is 2. The fourth-order valence-corrected chi connectivity index (χ4v) is 2.14. The number of nitrogen functional groups attached to an aromatic ring is 1. The highest BCUT2D eigenvalue weighted by Crippen LogP contribution is 2.24. The summed E-state index contributed by atoms with van der Waals surface area (Å²) in [6, 6.07) is 8.01. The van der Waals surface area contributed by atoms with Crippen LogP contribution < -0.4 is 11.1 Å². The van der Waals surface area contributed by atoms with E-state index in [4.69, 9.17) is 10.5 Å². The van der Waals surface area contributed by atoms with Crippen LogP contribution in [0.15, 0.2) is 30.6 Å². The average Bonchev–Trinajstić information content (AvgIpc) is 2.94. The lowest BCUT2D eigenvalue weighted by Crippen LogP contribution is -2.04. The van der Waals surface area contributed by atoms with E-state index in [-0.39, 0.29) is 5.95 Å². The fraction of sp³-hybridized carbons (Fsp3) is 0.214. The molecule has 21 heavy (non-hydrogen) atoms. The number of aromatic nitrogens is 4. The Bertz CT molecular complexity index is 754. The maximum absolute atomic E-state index is 5.72. The zero-order valence-corrected chi connectivity index (χ0v) is 11.6. The topological polar surface area (TPSA) is 102 Å². The van der Waals surface area contributed by atoms with Crippen molar-refractivity contribution in [3.63, 3.8) is 0 Å². The fourth-order valence-electron chi connectivity index (χ4n) is 2.14. The normalized spacial score (nSPS) is 10.9. The van der Waals surface area contributed by atoms with Gasteiger partial charge in [0.1, 0.15) is 5.52 Å². The van der Waals surface area contributed by atoms with E-state index < -0.39 is 0 Å². The molecule has 0 unspecified atom stereocenters. The van der Waals surface area contributed by atoms with Crippen molar-refractivity contribution in [2.45, 2.75) is 6.42 Å². The number of hydrogen-bond acceptors (Lipinski definition) is 6. The third-order valence-electron chi connectivity index (χ3n) is 3.15. The molecule has 0 fully saturated rings. The Morgan fingerprint density at radius 2 is 2.14 bits per heavy atom. The molecule has 0 aliphatic heterocycles. The molecule has 108 valence electrons. The molecular weight excluding hydrogens is 268 g/mol. The predicted molar refractivity (Wildman–Crippen MR) is 81.4 cm³/mol. The second-order valence-electron chi connectivity index (χ2n) is 4.56. The van der Waals surface area contributed by atoms with Crippen molar-refractivity contribution < 1.29 is 4.74 Å². The molecule has 0 saturated heterocycles. The minimum Gasteiger partial charge on any atom is -0.384 e. The van der Waals surface area contributed by atoms with Gasteiger partial charge in [-0.15, -0.1) is 0 Å². The number of ether oxygens (including phenoxy) is 1. The number of benzene rings is 1. The third-order valence-corrected chi connectivity index (χ3v) is 3.15. The molecule has 0 amide bonds. The van der Waals surface area contributed by atoms with E-state index in [0.29, 0.717) is 18.1 Å². The van der Waals surface area contributed by atoms with Crippen LogP contribution in [-0.2, 0) is 11.2 Å². The Kier molecular flexibility index (Phi) is 3.65. The van der Waals surface area contributed by atoms with E-state index >= 15 is 0 Å². The molecule has 0 aliphatic carbocycles. The maximum Gasteiger partial charge on any atom is 0.224 e. The molecule has 7 heteroatoms. The van der Waals surface area contributed by atoms with Crippen LogP contribution in [0.5, 0.6) is 0 Å². The summed E-state index contributed by atoms with van der Waals surface area (Å²) in [6.45, 7) is 0.657. The number of anilines is 3. The van der Waals surface area contributed by atoms with Crippen molar-refractivity contribution in [2.24, 2.45) is 0 Å². The van der Waals surface area contributed by atoms with Crippen LogP contribution in [0, 0.1) is 0 Å². The number of hydrogen-bond donors (Lipinski definition) is 3. The Morgan fingerprint density at radius 3 is 3.00 bits per heavy atom. The first-order valence-corrected chi connectivity index (χ1v) is 6.58. The number of rotatable bonds is 5. The summed E-state index contributed by atoms with van der Waals surface area (Å²) < 4.78 is 5.14. The van der Waals surface area contributed by atoms with E-state index in [1.54, 1.807) is 13.4 Å². The van der Waals surface area contributed by atoms with Crippen LogP contribution in [0.25, 0.3) is 11.2 Å². The lowest BCUT2D eigenvalue weighted by Gasteiger charge is -2.11. The van der Waals surface area contributed by atoms with Crippen molar-refractivity contribution in [3.05, 3.63) is 36.2 Å². The monoisotopic (exact) mass is 284 g/mol. The highest BCUT2D eigenvalue weighted by Gasteiger charge is 2.10. The van der Waals surface area contributed by atoms with Gasteiger partial charge in [-0.1, -0.05) is 18.2 Å². The quantitative estimate of drug-likeness (QED) is 0.661. The molecule has 4 N–H and O–H groups in total. The number of aromatic amines is 1. The largest absolute Gasteiger partial charge is 0.384 e. The van der Waals surface area contributed by atoms with Crippen molar-refractivity contribution in [1.29, 1.82) is 0 Å². The first-order valence-electron chi connectivity index (χ1n) is 6.58. The van der Waals surface area contributed by atoms with Gasteiger partial charge in [-0.25, -0.2) is 4.98 Å². The maximum atomic E-state index is 5.72. The van der Waals surface area contributed by atoms with Gasteiger partial charge in [0.15, 0.2) is 11.5 Å². The molecule has 0 bridgehead atoms. The summed E-state index contributed by atoms with van der Waals surface area (Å²) in [6.07, 6.45) is 2.38. The van der Waals surface area contributed by atoms with Crippen LogP contribution in [0.3, 0.4) is 0 Å². The van der Waals surface area contributed by atoms with Crippen LogP contribution in [0.2, 0.25) is 0 Å². The minimum absolute atomic E-state index is 0.187. The third kappa shape index (κ3) is 2.77. The number of methoxy groups -OCH3 is 1. The second-order valence-corrected chi connectivity index (χ2v) is 4.56. The predicted octanol–water partition coefficient (Wildman–Crippen LogP) is 1.87. The first-order chi connectivity index (χ1) is 10.3. The zero-order valence-electron chi connectivity index (χ0n) is 11.6. The Labute approximate surface area is 121 Å². The van der Waals surface area contributed by atoms with Gasteiger partial charge in [0.05, 0.1) is 12.9 Å². The summed E-state index contributed by atoms with van der Waals surface area (Å²) in [5, 5.41) is 3.29. The average molecular weight is 284 g/mol. The summed E-state index contributed by atoms with van der Waals surface area (Å²) in [4.78, 5) is 15.4. The molecule has 2 aromatic heterocycles. The smallest absolute Gasteiger partial charge is 0.224 e. The van der Waals surface area contributed by atoms with Gasteiger partial charge in [0, 0.05) is 12.8 Å². The van der Waals surface area contributed by atoms with E-state index in [9.17, 15) is 0 Å². The van der Waals surface area contributed by atoms with Gasteiger partial charge in [0.25, 0.3) is 0 Å². The lowest BCUT2D eigenvalue weighted by molar-refractivity contribution is 0.202. The highest BCUT2D eigenvalue weighted by molar-refractivity contribution is 5.86. The molecule has 0 aliphatic rings. The zero-order chi connectivity index (χ0) is 14.7. The van der Waals surface area contributed by atoms with Gasteiger partial charge in [-0.05, 0) is 18.1 Å². The molecule has 7 nitrogen and oxygen atoms in total. The summed E-state index contributed by atoms with van der Waals surface area (Å²) in [5.74, 6) is 0.798. The lowest BCUT2D eigenvalue weighted by atomic mass is 10.1. The van der Waals surface area contributed by atoms with Crippen LogP contribution in [0.1, 0.15) is 5.56 Å². The number of para-hydroxylation sites is 1. The molecule has 3 aromatic rings. The summed E-state index contributed by atoms with van der Waals surface area (Å²) in [7, 11) is 1.69. The van der Waals surface area contributed by atoms with E-state index in [1.165, 1.54) is 0 Å². The Balaban J connectivity index is 1.97. The van der Waals surface area contributed by atoms with Crippen LogP contribution >= 0.6 is 0 Å². The first kappa shape index (κ1) is 13.3. The molecule has 0 atom stereocenters. The standard InChI is InChI=1S/C14H16N6O/c1-21-7-6-9-4-2-3-5-10(9)18-13-11-12(17-8-16-11)19-14(15)20-13/h2-5,8H,6-7H2,1H3,(H4,15,16,17,18,19,20). The van der Waals surface area contributed by atoms with Gasteiger partial charge >= 0.3 is 0 Å². The Morgan fingerprint density at radius 1 is 1.29 bits per heavy atom. The number of fused-ring (bicyclic) bond motifs is 1. The second kappa shape index (κ2) is 5.76. The van der Waals surface area contributed by atoms with E-state index in [2.05, 4.69) is 31.3 Å². The molecule has 1 aromatic carbocycles.